The minimum absolute atomic E-state index is 0.256. The monoisotopic (exact) mass is 191 g/mol. The summed E-state index contributed by atoms with van der Waals surface area (Å²) < 4.78 is 4.79. The number of nitrogens with zero attached hydrogens (tertiary/aromatic N) is 1. The number of carbonyl (C=O) groups is 1. The molecule has 0 amide bonds. The van der Waals surface area contributed by atoms with E-state index in [0.717, 1.165) is 0 Å². The molecule has 3 heteroatoms. The molecule has 3 nitrogen and oxygen atoms in total. The van der Waals surface area contributed by atoms with E-state index in [1.54, 1.807) is 25.1 Å². The minimum atomic E-state index is -0.256. The van der Waals surface area contributed by atoms with Crippen LogP contribution in [0.5, 0.6) is 0 Å². The number of rotatable bonds is 2. The van der Waals surface area contributed by atoms with Crippen LogP contribution in [0.4, 0.5) is 0 Å². The van der Waals surface area contributed by atoms with Gasteiger partial charge in [-0.15, -0.1) is 0 Å². The highest BCUT2D eigenvalue weighted by Gasteiger charge is 2.02. The maximum absolute atomic E-state index is 11.0. The first-order valence-corrected chi connectivity index (χ1v) is 4.29. The summed E-state index contributed by atoms with van der Waals surface area (Å²) in [4.78, 5) is 11.0. The molecule has 0 radical (unpaired) electrons. The predicted molar refractivity (Wildman–Crippen MR) is 53.7 cm³/mol. The summed E-state index contributed by atoms with van der Waals surface area (Å²) in [6.07, 6.45) is 0. The van der Waals surface area contributed by atoms with Crippen LogP contribution in [0.1, 0.15) is 24.2 Å². The second kappa shape index (κ2) is 7.81. The number of ether oxygens (including phenoxy) is 1. The number of hydrogen-bond acceptors (Lipinski definition) is 3. The average Bonchev–Trinajstić information content (AvgIpc) is 2.21. The van der Waals surface area contributed by atoms with Gasteiger partial charge in [0.1, 0.15) is 0 Å². The first kappa shape index (κ1) is 12.2. The van der Waals surface area contributed by atoms with Crippen LogP contribution in [0, 0.1) is 11.3 Å². The van der Waals surface area contributed by atoms with Crippen LogP contribution < -0.4 is 0 Å². The van der Waals surface area contributed by atoms with Crippen molar-refractivity contribution in [3.63, 3.8) is 0 Å². The Kier molecular flexibility index (Phi) is 6.79. The van der Waals surface area contributed by atoms with Crippen LogP contribution in [-0.2, 0) is 4.74 Å². The molecule has 0 aliphatic rings. The third-order valence-corrected chi connectivity index (χ3v) is 1.28. The smallest absolute Gasteiger partial charge is 0.338 e. The highest BCUT2D eigenvalue weighted by molar-refractivity contribution is 5.89. The molecule has 0 aliphatic carbocycles. The Balaban J connectivity index is 0.000000500. The molecule has 1 rings (SSSR count). The van der Waals surface area contributed by atoms with Gasteiger partial charge in [0.2, 0.25) is 0 Å². The predicted octanol–water partition coefficient (Wildman–Crippen LogP) is 2.39. The van der Waals surface area contributed by atoms with Gasteiger partial charge in [-0.1, -0.05) is 18.2 Å². The van der Waals surface area contributed by atoms with Crippen molar-refractivity contribution in [2.24, 2.45) is 0 Å². The van der Waals surface area contributed by atoms with E-state index in [2.05, 4.69) is 0 Å². The normalized spacial score (nSPS) is 7.79. The molecule has 0 saturated carbocycles. The number of hydrogen-bond donors (Lipinski definition) is 0. The summed E-state index contributed by atoms with van der Waals surface area (Å²) in [7, 11) is 0. The van der Waals surface area contributed by atoms with E-state index < -0.39 is 0 Å². The fourth-order valence-corrected chi connectivity index (χ4v) is 0.789. The van der Waals surface area contributed by atoms with E-state index in [4.69, 9.17) is 10.00 Å². The van der Waals surface area contributed by atoms with E-state index >= 15 is 0 Å². The number of esters is 1. The van der Waals surface area contributed by atoms with Gasteiger partial charge in [0.05, 0.1) is 18.2 Å². The van der Waals surface area contributed by atoms with Crippen molar-refractivity contribution < 1.29 is 9.53 Å². The van der Waals surface area contributed by atoms with Crippen LogP contribution in [0.2, 0.25) is 0 Å². The summed E-state index contributed by atoms with van der Waals surface area (Å²) in [5.74, 6) is -0.256. The van der Waals surface area contributed by atoms with E-state index in [1.807, 2.05) is 18.2 Å². The number of benzene rings is 1. The van der Waals surface area contributed by atoms with Crippen LogP contribution in [0.15, 0.2) is 30.3 Å². The maximum Gasteiger partial charge on any atom is 0.338 e. The average molecular weight is 191 g/mol. The lowest BCUT2D eigenvalue weighted by atomic mass is 10.2. The van der Waals surface area contributed by atoms with E-state index in [-0.39, 0.29) is 5.97 Å². The first-order valence-electron chi connectivity index (χ1n) is 4.29. The number of carbonyl (C=O) groups excluding carboxylic acids is 1. The maximum atomic E-state index is 11.0. The van der Waals surface area contributed by atoms with Crippen LogP contribution in [-0.4, -0.2) is 12.6 Å². The van der Waals surface area contributed by atoms with Gasteiger partial charge < -0.3 is 4.74 Å². The second-order valence-electron chi connectivity index (χ2n) is 2.31. The highest BCUT2D eigenvalue weighted by atomic mass is 16.5. The van der Waals surface area contributed by atoms with Crippen molar-refractivity contribution in [1.29, 1.82) is 5.26 Å². The molecule has 0 bridgehead atoms. The Hall–Kier alpha value is -1.82. The fourth-order valence-electron chi connectivity index (χ4n) is 0.789. The molecule has 1 aromatic rings. The fraction of sp³-hybridized carbons (Fsp3) is 0.273. The first-order chi connectivity index (χ1) is 6.76. The highest BCUT2D eigenvalue weighted by Crippen LogP contribution is 1.99. The van der Waals surface area contributed by atoms with Gasteiger partial charge in [-0.25, -0.2) is 4.79 Å². The second-order valence-corrected chi connectivity index (χ2v) is 2.31. The molecule has 0 N–H and O–H groups in total. The molecular formula is C11H13NO2. The zero-order valence-electron chi connectivity index (χ0n) is 8.36. The largest absolute Gasteiger partial charge is 0.462 e. The van der Waals surface area contributed by atoms with Crippen molar-refractivity contribution >= 4 is 5.97 Å². The molecule has 0 fully saturated rings. The van der Waals surface area contributed by atoms with Crippen molar-refractivity contribution in [3.05, 3.63) is 35.9 Å². The van der Waals surface area contributed by atoms with Gasteiger partial charge in [0.25, 0.3) is 0 Å². The molecule has 0 unspecified atom stereocenters. The van der Waals surface area contributed by atoms with Gasteiger partial charge in [0.15, 0.2) is 0 Å². The minimum Gasteiger partial charge on any atom is -0.462 e. The quantitative estimate of drug-likeness (QED) is 0.674. The van der Waals surface area contributed by atoms with Crippen molar-refractivity contribution in [3.8, 4) is 6.07 Å². The van der Waals surface area contributed by atoms with E-state index in [1.165, 1.54) is 6.92 Å². The summed E-state index contributed by atoms with van der Waals surface area (Å²) in [6, 6.07) is 10.7. The SMILES string of the molecule is CC#N.CCOC(=O)c1ccccc1. The molecule has 74 valence electrons. The van der Waals surface area contributed by atoms with Gasteiger partial charge in [-0.2, -0.15) is 5.26 Å². The summed E-state index contributed by atoms with van der Waals surface area (Å²) in [5, 5.41) is 7.32. The summed E-state index contributed by atoms with van der Waals surface area (Å²) in [6.45, 7) is 3.65. The van der Waals surface area contributed by atoms with Crippen molar-refractivity contribution in [2.75, 3.05) is 6.61 Å². The zero-order valence-corrected chi connectivity index (χ0v) is 8.36. The lowest BCUT2D eigenvalue weighted by Crippen LogP contribution is -2.03. The molecule has 0 aromatic heterocycles. The number of nitriles is 1. The van der Waals surface area contributed by atoms with E-state index in [9.17, 15) is 4.79 Å². The molecule has 0 spiro atoms. The summed E-state index contributed by atoms with van der Waals surface area (Å²) in [5.41, 5.74) is 0.606. The van der Waals surface area contributed by atoms with Crippen molar-refractivity contribution in [2.45, 2.75) is 13.8 Å². The molecule has 0 saturated heterocycles. The van der Waals surface area contributed by atoms with Crippen LogP contribution in [0.25, 0.3) is 0 Å². The third-order valence-electron chi connectivity index (χ3n) is 1.28. The topological polar surface area (TPSA) is 50.1 Å². The summed E-state index contributed by atoms with van der Waals surface area (Å²) >= 11 is 0. The Bertz CT molecular complexity index is 301. The molecular weight excluding hydrogens is 178 g/mol. The van der Waals surface area contributed by atoms with E-state index in [0.29, 0.717) is 12.2 Å². The van der Waals surface area contributed by atoms with Gasteiger partial charge >= 0.3 is 5.97 Å². The Labute approximate surface area is 83.9 Å². The molecule has 0 aliphatic heterocycles. The van der Waals surface area contributed by atoms with Gasteiger partial charge in [0, 0.05) is 6.92 Å². The molecule has 14 heavy (non-hydrogen) atoms. The van der Waals surface area contributed by atoms with Gasteiger partial charge in [-0.3, -0.25) is 0 Å². The van der Waals surface area contributed by atoms with Crippen LogP contribution >= 0.6 is 0 Å². The lowest BCUT2D eigenvalue weighted by Gasteiger charge is -1.99. The molecule has 1 aromatic carbocycles. The zero-order chi connectivity index (χ0) is 10.8. The Morgan fingerprint density at radius 1 is 1.43 bits per heavy atom. The van der Waals surface area contributed by atoms with Crippen LogP contribution in [0.3, 0.4) is 0 Å². The molecule has 0 atom stereocenters. The standard InChI is InChI=1S/C9H10O2.C2H3N/c1-2-11-9(10)8-6-4-3-5-7-8;1-2-3/h3-7H,2H2,1H3;1H3. The third kappa shape index (κ3) is 4.94. The van der Waals surface area contributed by atoms with Crippen molar-refractivity contribution in [1.82, 2.24) is 0 Å². The Morgan fingerprint density at radius 2 is 1.93 bits per heavy atom. The molecule has 0 heterocycles. The lowest BCUT2D eigenvalue weighted by molar-refractivity contribution is 0.0526. The van der Waals surface area contributed by atoms with Gasteiger partial charge in [-0.05, 0) is 19.1 Å². The Morgan fingerprint density at radius 3 is 2.36 bits per heavy atom.